The van der Waals surface area contributed by atoms with Gasteiger partial charge in [0.1, 0.15) is 0 Å². The van der Waals surface area contributed by atoms with Crippen LogP contribution in [0.3, 0.4) is 0 Å². The first-order valence-corrected chi connectivity index (χ1v) is 5.96. The van der Waals surface area contributed by atoms with Crippen molar-refractivity contribution in [2.24, 2.45) is 0 Å². The molecule has 1 aliphatic rings. The molecular weight excluding hydrogens is 256 g/mol. The number of carboxylic acids is 2. The normalized spacial score (nSPS) is 16.3. The molecule has 0 aliphatic carbocycles. The number of hydrogen-bond acceptors (Lipinski definition) is 5. The van der Waals surface area contributed by atoms with Crippen molar-refractivity contribution in [3.05, 3.63) is 0 Å². The first-order chi connectivity index (χ1) is 8.93. The maximum atomic E-state index is 11.4. The van der Waals surface area contributed by atoms with Crippen LogP contribution in [0, 0.1) is 0 Å². The fraction of sp³-hybridized carbons (Fsp3) is 0.727. The molecular formula is C11H18N2O6. The van der Waals surface area contributed by atoms with E-state index in [1.54, 1.807) is 0 Å². The molecule has 1 amide bonds. The molecule has 8 heteroatoms. The Kier molecular flexibility index (Phi) is 5.71. The van der Waals surface area contributed by atoms with E-state index in [-0.39, 0.29) is 6.54 Å². The molecule has 1 heterocycles. The summed E-state index contributed by atoms with van der Waals surface area (Å²) < 4.78 is 5.17. The standard InChI is InChI=1S/C11H18N2O6/c1-8(14)13(9(10(15)16)11(17)18)3-2-12-4-6-19-7-5-12/h9H,2-7H2,1H3,(H,15,16)(H,17,18). The molecule has 0 aromatic heterocycles. The Morgan fingerprint density at radius 1 is 1.21 bits per heavy atom. The number of carboxylic acid groups (broad SMARTS) is 2. The number of rotatable bonds is 6. The zero-order valence-electron chi connectivity index (χ0n) is 10.7. The minimum Gasteiger partial charge on any atom is -0.479 e. The summed E-state index contributed by atoms with van der Waals surface area (Å²) in [6.07, 6.45) is 0. The summed E-state index contributed by atoms with van der Waals surface area (Å²) in [4.78, 5) is 36.1. The lowest BCUT2D eigenvalue weighted by Crippen LogP contribution is -2.52. The van der Waals surface area contributed by atoms with E-state index >= 15 is 0 Å². The number of carbonyl (C=O) groups excluding carboxylic acids is 1. The van der Waals surface area contributed by atoms with Gasteiger partial charge in [0.25, 0.3) is 0 Å². The Balaban J connectivity index is 2.63. The van der Waals surface area contributed by atoms with Gasteiger partial charge in [-0.05, 0) is 0 Å². The van der Waals surface area contributed by atoms with Gasteiger partial charge in [0.15, 0.2) is 0 Å². The maximum absolute atomic E-state index is 11.4. The SMILES string of the molecule is CC(=O)N(CCN1CCOCC1)C(C(=O)O)C(=O)O. The van der Waals surface area contributed by atoms with Gasteiger partial charge in [0, 0.05) is 33.1 Å². The topological polar surface area (TPSA) is 107 Å². The van der Waals surface area contributed by atoms with Gasteiger partial charge in [-0.25, -0.2) is 9.59 Å². The number of carbonyl (C=O) groups is 3. The van der Waals surface area contributed by atoms with Crippen LogP contribution in [0.4, 0.5) is 0 Å². The molecule has 1 saturated heterocycles. The van der Waals surface area contributed by atoms with E-state index in [9.17, 15) is 14.4 Å². The molecule has 0 spiro atoms. The summed E-state index contributed by atoms with van der Waals surface area (Å²) in [5.41, 5.74) is 0. The molecule has 0 radical (unpaired) electrons. The van der Waals surface area contributed by atoms with E-state index in [0.29, 0.717) is 32.8 Å². The zero-order chi connectivity index (χ0) is 14.4. The van der Waals surface area contributed by atoms with E-state index in [2.05, 4.69) is 0 Å². The van der Waals surface area contributed by atoms with Gasteiger partial charge in [-0.3, -0.25) is 9.69 Å². The number of aliphatic carboxylic acids is 2. The second-order valence-corrected chi connectivity index (χ2v) is 4.25. The third-order valence-corrected chi connectivity index (χ3v) is 2.94. The first kappa shape index (κ1) is 15.4. The number of nitrogens with zero attached hydrogens (tertiary/aromatic N) is 2. The van der Waals surface area contributed by atoms with Crippen molar-refractivity contribution >= 4 is 17.8 Å². The molecule has 0 aromatic carbocycles. The van der Waals surface area contributed by atoms with Crippen molar-refractivity contribution in [3.63, 3.8) is 0 Å². The molecule has 1 aliphatic heterocycles. The Hall–Kier alpha value is -1.67. The van der Waals surface area contributed by atoms with Crippen LogP contribution in [0.5, 0.6) is 0 Å². The average molecular weight is 274 g/mol. The van der Waals surface area contributed by atoms with Gasteiger partial charge in [-0.2, -0.15) is 0 Å². The third-order valence-electron chi connectivity index (χ3n) is 2.94. The summed E-state index contributed by atoms with van der Waals surface area (Å²) >= 11 is 0. The second-order valence-electron chi connectivity index (χ2n) is 4.25. The Morgan fingerprint density at radius 3 is 2.16 bits per heavy atom. The number of amides is 1. The molecule has 0 atom stereocenters. The van der Waals surface area contributed by atoms with Crippen molar-refractivity contribution in [2.45, 2.75) is 13.0 Å². The zero-order valence-corrected chi connectivity index (χ0v) is 10.7. The molecule has 108 valence electrons. The number of ether oxygens (including phenoxy) is 1. The van der Waals surface area contributed by atoms with Gasteiger partial charge in [-0.15, -0.1) is 0 Å². The van der Waals surface area contributed by atoms with E-state index < -0.39 is 23.9 Å². The lowest BCUT2D eigenvalue weighted by atomic mass is 10.2. The summed E-state index contributed by atoms with van der Waals surface area (Å²) in [6.45, 7) is 4.21. The molecule has 1 rings (SSSR count). The Morgan fingerprint density at radius 2 is 1.74 bits per heavy atom. The summed E-state index contributed by atoms with van der Waals surface area (Å²) in [5.74, 6) is -3.64. The lowest BCUT2D eigenvalue weighted by Gasteiger charge is -2.31. The predicted octanol–water partition coefficient (Wildman–Crippen LogP) is -1.30. The number of morpholine rings is 1. The van der Waals surface area contributed by atoms with Crippen LogP contribution in [0.15, 0.2) is 0 Å². The van der Waals surface area contributed by atoms with Crippen LogP contribution in [-0.2, 0) is 19.1 Å². The molecule has 0 bridgehead atoms. The molecule has 0 aromatic rings. The van der Waals surface area contributed by atoms with Crippen molar-refractivity contribution in [3.8, 4) is 0 Å². The molecule has 8 nitrogen and oxygen atoms in total. The van der Waals surface area contributed by atoms with E-state index in [1.165, 1.54) is 0 Å². The molecule has 2 N–H and O–H groups in total. The smallest absolute Gasteiger partial charge is 0.338 e. The molecule has 19 heavy (non-hydrogen) atoms. The van der Waals surface area contributed by atoms with Crippen molar-refractivity contribution < 1.29 is 29.3 Å². The monoisotopic (exact) mass is 274 g/mol. The Labute approximate surface area is 110 Å². The summed E-state index contributed by atoms with van der Waals surface area (Å²) in [5, 5.41) is 17.8. The molecule has 1 fully saturated rings. The quantitative estimate of drug-likeness (QED) is 0.580. The Bertz CT molecular complexity index is 339. The largest absolute Gasteiger partial charge is 0.479 e. The lowest BCUT2D eigenvalue weighted by molar-refractivity contribution is -0.161. The highest BCUT2D eigenvalue weighted by Crippen LogP contribution is 2.04. The van der Waals surface area contributed by atoms with Crippen molar-refractivity contribution in [1.29, 1.82) is 0 Å². The fourth-order valence-corrected chi connectivity index (χ4v) is 1.91. The van der Waals surface area contributed by atoms with E-state index in [0.717, 1.165) is 11.8 Å². The highest BCUT2D eigenvalue weighted by Gasteiger charge is 2.34. The molecule has 0 saturated carbocycles. The predicted molar refractivity (Wildman–Crippen MR) is 63.7 cm³/mol. The van der Waals surface area contributed by atoms with Gasteiger partial charge in [0.05, 0.1) is 13.2 Å². The minimum atomic E-state index is -1.83. The van der Waals surface area contributed by atoms with E-state index in [4.69, 9.17) is 14.9 Å². The number of hydrogen-bond donors (Lipinski definition) is 2. The van der Waals surface area contributed by atoms with Gasteiger partial charge >= 0.3 is 11.9 Å². The highest BCUT2D eigenvalue weighted by atomic mass is 16.5. The van der Waals surface area contributed by atoms with Gasteiger partial charge < -0.3 is 19.8 Å². The first-order valence-electron chi connectivity index (χ1n) is 5.96. The minimum absolute atomic E-state index is 0.0681. The van der Waals surface area contributed by atoms with Crippen molar-refractivity contribution in [1.82, 2.24) is 9.80 Å². The van der Waals surface area contributed by atoms with Crippen LogP contribution < -0.4 is 0 Å². The van der Waals surface area contributed by atoms with Crippen LogP contribution in [0.1, 0.15) is 6.92 Å². The van der Waals surface area contributed by atoms with Crippen LogP contribution in [0.2, 0.25) is 0 Å². The van der Waals surface area contributed by atoms with Crippen LogP contribution in [-0.4, -0.2) is 83.3 Å². The fourth-order valence-electron chi connectivity index (χ4n) is 1.91. The average Bonchev–Trinajstić information content (AvgIpc) is 2.34. The third kappa shape index (κ3) is 4.49. The maximum Gasteiger partial charge on any atom is 0.338 e. The van der Waals surface area contributed by atoms with Crippen molar-refractivity contribution in [2.75, 3.05) is 39.4 Å². The second kappa shape index (κ2) is 7.05. The summed E-state index contributed by atoms with van der Waals surface area (Å²) in [7, 11) is 0. The van der Waals surface area contributed by atoms with Gasteiger partial charge in [0.2, 0.25) is 11.9 Å². The highest BCUT2D eigenvalue weighted by molar-refractivity contribution is 6.00. The van der Waals surface area contributed by atoms with Crippen LogP contribution in [0.25, 0.3) is 0 Å². The van der Waals surface area contributed by atoms with Gasteiger partial charge in [-0.1, -0.05) is 0 Å². The summed E-state index contributed by atoms with van der Waals surface area (Å²) in [6, 6.07) is -1.83. The molecule has 0 unspecified atom stereocenters. The van der Waals surface area contributed by atoms with Crippen LogP contribution >= 0.6 is 0 Å². The van der Waals surface area contributed by atoms with E-state index in [1.807, 2.05) is 4.90 Å².